The number of nitrogens with zero attached hydrogens (tertiary/aromatic N) is 1. The van der Waals surface area contributed by atoms with E-state index in [1.54, 1.807) is 13.0 Å². The number of rotatable bonds is 4. The number of carbonyl (C=O) groups is 1. The van der Waals surface area contributed by atoms with Gasteiger partial charge in [-0.3, -0.25) is 4.79 Å². The molecule has 1 aliphatic rings. The van der Waals surface area contributed by atoms with Gasteiger partial charge in [-0.1, -0.05) is 17.7 Å². The first-order valence-electron chi connectivity index (χ1n) is 7.63. The fourth-order valence-electron chi connectivity index (χ4n) is 2.79. The highest BCUT2D eigenvalue weighted by Crippen LogP contribution is 2.32. The lowest BCUT2D eigenvalue weighted by Crippen LogP contribution is -2.42. The molecule has 1 aromatic heterocycles. The average molecular weight is 403 g/mol. The molecule has 1 aliphatic heterocycles. The number of hydrogen-bond donors (Lipinski definition) is 1. The molecule has 5 nitrogen and oxygen atoms in total. The SMILES string of the molecule is Cc1ccc(F)cc1NC(=O)[C@@H]1CCCN1S(=O)(=O)c1ccc(Cl)s1. The molecule has 1 atom stereocenters. The maximum atomic E-state index is 13.4. The quantitative estimate of drug-likeness (QED) is 0.848. The predicted molar refractivity (Wildman–Crippen MR) is 96.0 cm³/mol. The lowest BCUT2D eigenvalue weighted by atomic mass is 10.1. The van der Waals surface area contributed by atoms with Crippen LogP contribution in [0.1, 0.15) is 18.4 Å². The zero-order valence-corrected chi connectivity index (χ0v) is 15.7. The summed E-state index contributed by atoms with van der Waals surface area (Å²) in [5.41, 5.74) is 1.04. The van der Waals surface area contributed by atoms with Crippen LogP contribution in [0.15, 0.2) is 34.5 Å². The van der Waals surface area contributed by atoms with Gasteiger partial charge in [-0.2, -0.15) is 4.31 Å². The molecule has 0 aliphatic carbocycles. The van der Waals surface area contributed by atoms with Gasteiger partial charge in [0.25, 0.3) is 10.0 Å². The summed E-state index contributed by atoms with van der Waals surface area (Å²) in [5.74, 6) is -0.928. The van der Waals surface area contributed by atoms with E-state index in [4.69, 9.17) is 11.6 Å². The Bertz CT molecular complexity index is 914. The highest BCUT2D eigenvalue weighted by molar-refractivity contribution is 7.91. The molecule has 2 heterocycles. The molecule has 0 saturated carbocycles. The largest absolute Gasteiger partial charge is 0.324 e. The highest BCUT2D eigenvalue weighted by Gasteiger charge is 2.40. The van der Waals surface area contributed by atoms with Gasteiger partial charge in [-0.25, -0.2) is 12.8 Å². The molecule has 0 spiro atoms. The second kappa shape index (κ2) is 7.03. The Kier molecular flexibility index (Phi) is 5.15. The van der Waals surface area contributed by atoms with Gasteiger partial charge in [0.15, 0.2) is 0 Å². The van der Waals surface area contributed by atoms with Crippen molar-refractivity contribution in [2.24, 2.45) is 0 Å². The molecule has 134 valence electrons. The first-order valence-corrected chi connectivity index (χ1v) is 10.3. The fraction of sp³-hybridized carbons (Fsp3) is 0.312. The third-order valence-electron chi connectivity index (χ3n) is 4.08. The van der Waals surface area contributed by atoms with Crippen LogP contribution in [0.3, 0.4) is 0 Å². The van der Waals surface area contributed by atoms with Gasteiger partial charge in [0.2, 0.25) is 5.91 Å². The van der Waals surface area contributed by atoms with Crippen molar-refractivity contribution >= 4 is 44.6 Å². The van der Waals surface area contributed by atoms with E-state index in [0.29, 0.717) is 28.4 Å². The summed E-state index contributed by atoms with van der Waals surface area (Å²) < 4.78 is 40.6. The van der Waals surface area contributed by atoms with Crippen molar-refractivity contribution < 1.29 is 17.6 Å². The van der Waals surface area contributed by atoms with Crippen molar-refractivity contribution in [3.8, 4) is 0 Å². The molecule has 3 rings (SSSR count). The molecule has 9 heteroatoms. The van der Waals surface area contributed by atoms with Gasteiger partial charge >= 0.3 is 0 Å². The molecule has 25 heavy (non-hydrogen) atoms. The van der Waals surface area contributed by atoms with Crippen LogP contribution in [0.25, 0.3) is 0 Å². The molecule has 2 aromatic rings. The summed E-state index contributed by atoms with van der Waals surface area (Å²) >= 11 is 6.79. The average Bonchev–Trinajstić information content (AvgIpc) is 3.20. The number of anilines is 1. The number of hydrogen-bond acceptors (Lipinski definition) is 4. The van der Waals surface area contributed by atoms with Crippen molar-refractivity contribution in [1.29, 1.82) is 0 Å². The van der Waals surface area contributed by atoms with E-state index in [9.17, 15) is 17.6 Å². The van der Waals surface area contributed by atoms with Crippen LogP contribution in [0.4, 0.5) is 10.1 Å². The first kappa shape index (κ1) is 18.3. The van der Waals surface area contributed by atoms with Gasteiger partial charge in [-0.05, 0) is 49.6 Å². The second-order valence-corrected chi connectivity index (χ2v) is 9.61. The van der Waals surface area contributed by atoms with Crippen LogP contribution in [0.5, 0.6) is 0 Å². The third-order valence-corrected chi connectivity index (χ3v) is 7.68. The lowest BCUT2D eigenvalue weighted by molar-refractivity contribution is -0.119. The minimum Gasteiger partial charge on any atom is -0.324 e. The van der Waals surface area contributed by atoms with Gasteiger partial charge < -0.3 is 5.32 Å². The third kappa shape index (κ3) is 3.72. The standard InChI is InChI=1S/C16H16ClFN2O3S2/c1-10-4-5-11(18)9-12(10)19-16(21)13-3-2-8-20(13)25(22,23)15-7-6-14(17)24-15/h4-7,9,13H,2-3,8H2,1H3,(H,19,21)/t13-/m0/s1. The summed E-state index contributed by atoms with van der Waals surface area (Å²) in [6.07, 6.45) is 0.997. The van der Waals surface area contributed by atoms with E-state index < -0.39 is 27.8 Å². The Morgan fingerprint density at radius 2 is 2.12 bits per heavy atom. The van der Waals surface area contributed by atoms with E-state index >= 15 is 0 Å². The van der Waals surface area contributed by atoms with Crippen LogP contribution in [0, 0.1) is 12.7 Å². The Morgan fingerprint density at radius 3 is 2.80 bits per heavy atom. The number of aryl methyl sites for hydroxylation is 1. The Balaban J connectivity index is 1.84. The molecule has 0 radical (unpaired) electrons. The normalized spacial score (nSPS) is 18.4. The molecular weight excluding hydrogens is 387 g/mol. The number of nitrogens with one attached hydrogen (secondary N) is 1. The van der Waals surface area contributed by atoms with Gasteiger partial charge in [0.05, 0.1) is 4.34 Å². The summed E-state index contributed by atoms with van der Waals surface area (Å²) in [5, 5.41) is 2.64. The monoisotopic (exact) mass is 402 g/mol. The van der Waals surface area contributed by atoms with Crippen LogP contribution < -0.4 is 5.32 Å². The van der Waals surface area contributed by atoms with Gasteiger partial charge in [0.1, 0.15) is 16.1 Å². The molecule has 1 fully saturated rings. The van der Waals surface area contributed by atoms with Crippen molar-refractivity contribution in [2.75, 3.05) is 11.9 Å². The molecule has 0 unspecified atom stereocenters. The van der Waals surface area contributed by atoms with E-state index in [2.05, 4.69) is 5.32 Å². The topological polar surface area (TPSA) is 66.5 Å². The summed E-state index contributed by atoms with van der Waals surface area (Å²) in [4.78, 5) is 12.6. The molecule has 1 N–H and O–H groups in total. The Labute approximate surface area is 154 Å². The van der Waals surface area contributed by atoms with Crippen LogP contribution in [0.2, 0.25) is 4.34 Å². The van der Waals surface area contributed by atoms with E-state index in [1.165, 1.54) is 28.6 Å². The molecule has 1 saturated heterocycles. The van der Waals surface area contributed by atoms with Gasteiger partial charge in [-0.15, -0.1) is 11.3 Å². The van der Waals surface area contributed by atoms with Crippen molar-refractivity contribution in [3.63, 3.8) is 0 Å². The van der Waals surface area contributed by atoms with Gasteiger partial charge in [0, 0.05) is 12.2 Å². The van der Waals surface area contributed by atoms with Crippen LogP contribution in [-0.2, 0) is 14.8 Å². The van der Waals surface area contributed by atoms with E-state index in [1.807, 2.05) is 0 Å². The Morgan fingerprint density at radius 1 is 1.36 bits per heavy atom. The van der Waals surface area contributed by atoms with Crippen molar-refractivity contribution in [1.82, 2.24) is 4.31 Å². The summed E-state index contributed by atoms with van der Waals surface area (Å²) in [7, 11) is -3.79. The molecule has 1 amide bonds. The van der Waals surface area contributed by atoms with Crippen molar-refractivity contribution in [3.05, 3.63) is 46.0 Å². The zero-order chi connectivity index (χ0) is 18.2. The minimum absolute atomic E-state index is 0.110. The number of benzene rings is 1. The van der Waals surface area contributed by atoms with E-state index in [0.717, 1.165) is 11.3 Å². The maximum absolute atomic E-state index is 13.4. The Hall–Kier alpha value is -1.48. The zero-order valence-electron chi connectivity index (χ0n) is 13.3. The van der Waals surface area contributed by atoms with E-state index in [-0.39, 0.29) is 10.8 Å². The number of sulfonamides is 1. The van der Waals surface area contributed by atoms with Crippen LogP contribution in [-0.4, -0.2) is 31.2 Å². The fourth-order valence-corrected chi connectivity index (χ4v) is 6.06. The molecular formula is C16H16ClFN2O3S2. The van der Waals surface area contributed by atoms with Crippen LogP contribution >= 0.6 is 22.9 Å². The molecule has 1 aromatic carbocycles. The summed E-state index contributed by atoms with van der Waals surface area (Å²) in [6.45, 7) is 2.00. The number of thiophene rings is 1. The summed E-state index contributed by atoms with van der Waals surface area (Å²) in [6, 6.07) is 6.21. The lowest BCUT2D eigenvalue weighted by Gasteiger charge is -2.23. The number of amides is 1. The van der Waals surface area contributed by atoms with Crippen molar-refractivity contribution in [2.45, 2.75) is 30.0 Å². The smallest absolute Gasteiger partial charge is 0.253 e. The molecule has 0 bridgehead atoms. The minimum atomic E-state index is -3.79. The predicted octanol–water partition coefficient (Wildman–Crippen LogP) is 3.64. The first-order chi connectivity index (χ1) is 11.8. The maximum Gasteiger partial charge on any atom is 0.253 e. The highest BCUT2D eigenvalue weighted by atomic mass is 35.5. The number of carbonyl (C=O) groups excluding carboxylic acids is 1. The second-order valence-electron chi connectivity index (χ2n) is 5.78. The number of halogens is 2.